The van der Waals surface area contributed by atoms with Crippen molar-refractivity contribution in [2.75, 3.05) is 74.6 Å². The highest BCUT2D eigenvalue weighted by Gasteiger charge is 1.82. The molecule has 0 fully saturated rings. The molecule has 208 valence electrons. The van der Waals surface area contributed by atoms with Crippen molar-refractivity contribution in [1.29, 1.82) is 0 Å². The molecule has 0 aromatic rings. The van der Waals surface area contributed by atoms with Crippen LogP contribution in [-0.4, -0.2) is 118 Å². The number of carbonyl (C=O) groups is 1. The average Bonchev–Trinajstić information content (AvgIpc) is 2.71. The van der Waals surface area contributed by atoms with Crippen LogP contribution in [0.1, 0.15) is 41.0 Å². The van der Waals surface area contributed by atoms with Gasteiger partial charge in [-0.3, -0.25) is 4.79 Å². The van der Waals surface area contributed by atoms with Gasteiger partial charge in [0.2, 0.25) is 0 Å². The Labute approximate surface area is 196 Å². The van der Waals surface area contributed by atoms with Crippen molar-refractivity contribution >= 4 is 5.97 Å². The Balaban J connectivity index is -0.0000000274. The second-order valence-corrected chi connectivity index (χ2v) is 4.76. The first-order valence-corrected chi connectivity index (χ1v) is 9.81. The molecule has 0 aliphatic rings. The Morgan fingerprint density at radius 3 is 1.22 bits per heavy atom. The molecule has 0 heterocycles. The second kappa shape index (κ2) is 98.5. The Bertz CT molecular complexity index is 195. The lowest BCUT2D eigenvalue weighted by molar-refractivity contribution is -0.148. The van der Waals surface area contributed by atoms with E-state index in [1.54, 1.807) is 28.1 Å². The van der Waals surface area contributed by atoms with Crippen LogP contribution in [0.3, 0.4) is 0 Å². The monoisotopic (exact) mass is 486 g/mol. The minimum atomic E-state index is -0.519. The summed E-state index contributed by atoms with van der Waals surface area (Å²) >= 11 is 0. The first kappa shape index (κ1) is 57.7. The van der Waals surface area contributed by atoms with E-state index in [-0.39, 0.29) is 24.8 Å². The average molecular weight is 487 g/mol. The summed E-state index contributed by atoms with van der Waals surface area (Å²) in [7, 11) is 6.18. The Kier molecular flexibility index (Phi) is 177. The topological polar surface area (TPSA) is 258 Å². The molecule has 0 saturated heterocycles. The fourth-order valence-electron chi connectivity index (χ4n) is 0.182. The summed E-state index contributed by atoms with van der Waals surface area (Å²) in [6, 6.07) is 0. The highest BCUT2D eigenvalue weighted by Crippen LogP contribution is 1.67. The van der Waals surface area contributed by atoms with Crippen molar-refractivity contribution < 1.29 is 45.3 Å². The predicted molar refractivity (Wildman–Crippen MR) is 132 cm³/mol. The van der Waals surface area contributed by atoms with E-state index in [9.17, 15) is 4.79 Å². The fraction of sp³-hybridized carbons (Fsp3) is 0.947. The second-order valence-electron chi connectivity index (χ2n) is 4.76. The van der Waals surface area contributed by atoms with E-state index in [4.69, 9.17) is 42.7 Å². The minimum absolute atomic E-state index is 0. The normalized spacial score (nSPS) is 7.06. The molecule has 0 bridgehead atoms. The zero-order valence-corrected chi connectivity index (χ0v) is 21.9. The molecule has 32 heavy (non-hydrogen) atoms. The summed E-state index contributed by atoms with van der Waals surface area (Å²) < 4.78 is 8.21. The quantitative estimate of drug-likeness (QED) is 0.143. The van der Waals surface area contributed by atoms with Crippen molar-refractivity contribution in [3.63, 3.8) is 0 Å². The predicted octanol–water partition coefficient (Wildman–Crippen LogP) is -2.61. The number of rotatable bonds is 5. The molecule has 0 aliphatic carbocycles. The molecule has 0 rings (SSSR count). The van der Waals surface area contributed by atoms with Gasteiger partial charge in [0.1, 0.15) is 0 Å². The van der Waals surface area contributed by atoms with E-state index in [0.29, 0.717) is 13.1 Å². The van der Waals surface area contributed by atoms with Gasteiger partial charge in [0.15, 0.2) is 6.79 Å². The van der Waals surface area contributed by atoms with Gasteiger partial charge in [-0.1, -0.05) is 13.8 Å². The largest absolute Gasteiger partial charge is 0.439 e. The summed E-state index contributed by atoms with van der Waals surface area (Å²) in [6.07, 6.45) is 0.556. The Hall–Kier alpha value is -0.970. The first-order valence-electron chi connectivity index (χ1n) is 9.81. The maximum atomic E-state index is 9.66. The third-order valence-corrected chi connectivity index (χ3v) is 1.11. The minimum Gasteiger partial charge on any atom is -0.439 e. The molecular weight excluding hydrogens is 428 g/mol. The van der Waals surface area contributed by atoms with Crippen LogP contribution in [0.15, 0.2) is 0 Å². The number of ether oxygens (including phenoxy) is 2. The van der Waals surface area contributed by atoms with Crippen molar-refractivity contribution in [3.05, 3.63) is 0 Å². The van der Waals surface area contributed by atoms with Gasteiger partial charge in [-0.2, -0.15) is 0 Å². The van der Waals surface area contributed by atoms with Crippen molar-refractivity contribution in [1.82, 2.24) is 5.32 Å². The lowest BCUT2D eigenvalue weighted by atomic mass is 10.5. The molecular formula is C19H58N4O9. The molecule has 0 aromatic carbocycles. The van der Waals surface area contributed by atoms with Gasteiger partial charge in [-0.25, -0.2) is 0 Å². The van der Waals surface area contributed by atoms with Crippen molar-refractivity contribution in [2.45, 2.75) is 47.1 Å². The fourth-order valence-corrected chi connectivity index (χ4v) is 0.182. The molecule has 0 amide bonds. The summed E-state index contributed by atoms with van der Waals surface area (Å²) in [5.41, 5.74) is 14.6. The van der Waals surface area contributed by atoms with Crippen LogP contribution in [-0.2, 0) is 14.3 Å². The number of aliphatic hydroxyl groups excluding tert-OH is 5. The molecule has 0 aliphatic heterocycles. The first-order chi connectivity index (χ1) is 14.6. The number of hydrogen-bond acceptors (Lipinski definition) is 12. The SMILES string of the molecule is CC(=O)OCO.CC(C)O.CCN.CCNC.CO.COC.NCCCO.NCCO.O. The molecule has 0 atom stereocenters. The van der Waals surface area contributed by atoms with Crippen molar-refractivity contribution in [2.24, 2.45) is 17.2 Å². The van der Waals surface area contributed by atoms with E-state index in [1.807, 2.05) is 14.0 Å². The van der Waals surface area contributed by atoms with E-state index in [2.05, 4.69) is 21.7 Å². The van der Waals surface area contributed by atoms with Gasteiger partial charge in [0, 0.05) is 47.5 Å². The van der Waals surface area contributed by atoms with E-state index in [1.165, 1.54) is 6.92 Å². The zero-order chi connectivity index (χ0) is 26.9. The van der Waals surface area contributed by atoms with Crippen LogP contribution in [0, 0.1) is 0 Å². The van der Waals surface area contributed by atoms with Gasteiger partial charge in [0.25, 0.3) is 0 Å². The zero-order valence-electron chi connectivity index (χ0n) is 21.9. The highest BCUT2D eigenvalue weighted by molar-refractivity contribution is 5.65. The van der Waals surface area contributed by atoms with E-state index >= 15 is 0 Å². The highest BCUT2D eigenvalue weighted by atomic mass is 16.6. The van der Waals surface area contributed by atoms with Crippen LogP contribution in [0.4, 0.5) is 0 Å². The van der Waals surface area contributed by atoms with Crippen molar-refractivity contribution in [3.8, 4) is 0 Å². The number of nitrogens with one attached hydrogen (secondary N) is 1. The molecule has 14 N–H and O–H groups in total. The van der Waals surface area contributed by atoms with Gasteiger partial charge in [0.05, 0.1) is 6.61 Å². The van der Waals surface area contributed by atoms with Crippen LogP contribution in [0.25, 0.3) is 0 Å². The lowest BCUT2D eigenvalue weighted by Crippen LogP contribution is -2.02. The van der Waals surface area contributed by atoms with E-state index < -0.39 is 12.8 Å². The summed E-state index contributed by atoms with van der Waals surface area (Å²) in [5, 5.41) is 41.5. The number of aliphatic hydroxyl groups is 5. The maximum Gasteiger partial charge on any atom is 0.304 e. The van der Waals surface area contributed by atoms with Gasteiger partial charge in [-0.05, 0) is 47.0 Å². The number of nitrogens with two attached hydrogens (primary N) is 3. The van der Waals surface area contributed by atoms with Gasteiger partial charge < -0.3 is 63.0 Å². The molecule has 0 saturated carbocycles. The molecule has 0 spiro atoms. The van der Waals surface area contributed by atoms with Crippen LogP contribution < -0.4 is 22.5 Å². The van der Waals surface area contributed by atoms with Crippen LogP contribution in [0.5, 0.6) is 0 Å². The van der Waals surface area contributed by atoms with Gasteiger partial charge in [-0.15, -0.1) is 0 Å². The smallest absolute Gasteiger partial charge is 0.304 e. The van der Waals surface area contributed by atoms with Crippen LogP contribution >= 0.6 is 0 Å². The summed E-state index contributed by atoms with van der Waals surface area (Å²) in [4.78, 5) is 9.66. The van der Waals surface area contributed by atoms with E-state index in [0.717, 1.165) is 26.6 Å². The molecule has 13 heteroatoms. The van der Waals surface area contributed by atoms with Crippen LogP contribution in [0.2, 0.25) is 0 Å². The van der Waals surface area contributed by atoms with Gasteiger partial charge >= 0.3 is 5.97 Å². The molecule has 0 aromatic heterocycles. The Morgan fingerprint density at radius 2 is 1.22 bits per heavy atom. The molecule has 0 radical (unpaired) electrons. The molecule has 0 unspecified atom stereocenters. The lowest BCUT2D eigenvalue weighted by Gasteiger charge is -1.88. The third kappa shape index (κ3) is 627. The molecule has 13 nitrogen and oxygen atoms in total. The number of methoxy groups -OCH3 is 1. The number of carbonyl (C=O) groups excluding carboxylic acids is 1. The number of esters is 1. The number of hydrogen-bond donors (Lipinski definition) is 9. The maximum absolute atomic E-state index is 9.66. The summed E-state index contributed by atoms with van der Waals surface area (Å²) in [5.74, 6) is -0.461. The Morgan fingerprint density at radius 1 is 0.969 bits per heavy atom. The standard InChI is InChI=1S/C3H9NO.C3H9N.C3H6O3.C3H8O.C2H7NO.C2H7N.C2H6O.CH4O.H2O/c4-2-1-3-5;1-3-4-2;1-3(5)6-2-4;1-3(2)4;3-1-2-4;1-2-3;1-3-2;1-2;/h5H,1-4H2;4H,3H2,1-2H3;4H,2H2,1H3;3-4H,1-2H3;4H,1-3H2;2-3H2,1H3;1-2H3;2H,1H3;1H2. The third-order valence-electron chi connectivity index (χ3n) is 1.11. The summed E-state index contributed by atoms with van der Waals surface area (Å²) in [6.45, 7) is 11.2.